The maximum Gasteiger partial charge on any atom is 0.270 e. The van der Waals surface area contributed by atoms with Crippen molar-refractivity contribution in [1.29, 1.82) is 0 Å². The first-order valence-electron chi connectivity index (χ1n) is 6.53. The molecule has 6 nitrogen and oxygen atoms in total. The lowest BCUT2D eigenvalue weighted by atomic mass is 10.2. The molecule has 0 fully saturated rings. The summed E-state index contributed by atoms with van der Waals surface area (Å²) in [7, 11) is 0. The van der Waals surface area contributed by atoms with Gasteiger partial charge < -0.3 is 4.74 Å². The van der Waals surface area contributed by atoms with Crippen molar-refractivity contribution in [3.05, 3.63) is 64.2 Å². The molecule has 0 bridgehead atoms. The quantitative estimate of drug-likeness (QED) is 0.576. The van der Waals surface area contributed by atoms with E-state index >= 15 is 0 Å². The highest BCUT2D eigenvalue weighted by atomic mass is 16.6. The SMILES string of the molecule is O=[N+]([O-])c1ccc2[nH]nc(OCCc3ccccc3)c2c1. The Labute approximate surface area is 120 Å². The van der Waals surface area contributed by atoms with Gasteiger partial charge in [0.15, 0.2) is 0 Å². The molecule has 0 aliphatic rings. The zero-order valence-corrected chi connectivity index (χ0v) is 11.2. The molecule has 106 valence electrons. The number of fused-ring (bicyclic) bond motifs is 1. The molecule has 21 heavy (non-hydrogen) atoms. The molecule has 2 aromatic carbocycles. The highest BCUT2D eigenvalue weighted by Crippen LogP contribution is 2.26. The number of H-pyrrole nitrogens is 1. The van der Waals surface area contributed by atoms with Gasteiger partial charge in [-0.3, -0.25) is 15.2 Å². The topological polar surface area (TPSA) is 81.0 Å². The molecule has 0 unspecified atom stereocenters. The molecular weight excluding hydrogens is 270 g/mol. The van der Waals surface area contributed by atoms with E-state index in [9.17, 15) is 10.1 Å². The van der Waals surface area contributed by atoms with Crippen molar-refractivity contribution < 1.29 is 9.66 Å². The molecule has 0 spiro atoms. The average molecular weight is 283 g/mol. The second-order valence-corrected chi connectivity index (χ2v) is 4.60. The van der Waals surface area contributed by atoms with Crippen molar-refractivity contribution in [2.75, 3.05) is 6.61 Å². The van der Waals surface area contributed by atoms with Crippen LogP contribution < -0.4 is 4.74 Å². The highest BCUT2D eigenvalue weighted by molar-refractivity contribution is 5.86. The first kappa shape index (κ1) is 13.1. The lowest BCUT2D eigenvalue weighted by Crippen LogP contribution is -2.01. The van der Waals surface area contributed by atoms with Gasteiger partial charge in [-0.15, -0.1) is 5.10 Å². The number of nitro groups is 1. The maximum absolute atomic E-state index is 10.8. The van der Waals surface area contributed by atoms with Crippen LogP contribution in [0.5, 0.6) is 5.88 Å². The molecule has 0 radical (unpaired) electrons. The number of nitrogens with one attached hydrogen (secondary N) is 1. The third kappa shape index (κ3) is 2.84. The molecule has 0 amide bonds. The lowest BCUT2D eigenvalue weighted by molar-refractivity contribution is -0.384. The summed E-state index contributed by atoms with van der Waals surface area (Å²) in [6.07, 6.45) is 0.754. The van der Waals surface area contributed by atoms with Crippen LogP contribution in [0.2, 0.25) is 0 Å². The Hall–Kier alpha value is -2.89. The summed E-state index contributed by atoms with van der Waals surface area (Å²) in [5.41, 5.74) is 1.91. The third-order valence-electron chi connectivity index (χ3n) is 3.19. The number of non-ortho nitro benzene ring substituents is 1. The predicted octanol–water partition coefficient (Wildman–Crippen LogP) is 3.09. The largest absolute Gasteiger partial charge is 0.476 e. The fraction of sp³-hybridized carbons (Fsp3) is 0.133. The second-order valence-electron chi connectivity index (χ2n) is 4.60. The Morgan fingerprint density at radius 2 is 2.00 bits per heavy atom. The number of rotatable bonds is 5. The zero-order valence-electron chi connectivity index (χ0n) is 11.2. The van der Waals surface area contributed by atoms with Crippen molar-refractivity contribution in [2.24, 2.45) is 0 Å². The van der Waals surface area contributed by atoms with Crippen LogP contribution in [-0.2, 0) is 6.42 Å². The van der Waals surface area contributed by atoms with Crippen molar-refractivity contribution >= 4 is 16.6 Å². The minimum atomic E-state index is -0.430. The van der Waals surface area contributed by atoms with E-state index in [1.807, 2.05) is 30.3 Å². The first-order chi connectivity index (χ1) is 10.2. The van der Waals surface area contributed by atoms with Gasteiger partial charge in [0.25, 0.3) is 5.69 Å². The summed E-state index contributed by atoms with van der Waals surface area (Å²) in [6.45, 7) is 0.465. The summed E-state index contributed by atoms with van der Waals surface area (Å²) >= 11 is 0. The van der Waals surface area contributed by atoms with Gasteiger partial charge >= 0.3 is 0 Å². The van der Waals surface area contributed by atoms with Crippen LogP contribution in [-0.4, -0.2) is 21.7 Å². The Balaban J connectivity index is 1.74. The molecule has 1 heterocycles. The molecule has 1 N–H and O–H groups in total. The Bertz CT molecular complexity index is 768. The van der Waals surface area contributed by atoms with E-state index in [2.05, 4.69) is 10.2 Å². The van der Waals surface area contributed by atoms with Crippen LogP contribution >= 0.6 is 0 Å². The van der Waals surface area contributed by atoms with Crippen molar-refractivity contribution in [3.63, 3.8) is 0 Å². The molecular formula is C15H13N3O3. The maximum atomic E-state index is 10.8. The van der Waals surface area contributed by atoms with Crippen LogP contribution in [0.25, 0.3) is 10.9 Å². The van der Waals surface area contributed by atoms with Crippen molar-refractivity contribution in [1.82, 2.24) is 10.2 Å². The molecule has 3 aromatic rings. The van der Waals surface area contributed by atoms with E-state index in [1.54, 1.807) is 6.07 Å². The minimum Gasteiger partial charge on any atom is -0.476 e. The molecule has 1 aromatic heterocycles. The van der Waals surface area contributed by atoms with Crippen LogP contribution in [0.1, 0.15) is 5.56 Å². The van der Waals surface area contributed by atoms with Gasteiger partial charge in [-0.1, -0.05) is 30.3 Å². The van der Waals surface area contributed by atoms with Gasteiger partial charge in [0.2, 0.25) is 5.88 Å². The predicted molar refractivity (Wildman–Crippen MR) is 78.4 cm³/mol. The van der Waals surface area contributed by atoms with Gasteiger partial charge in [-0.05, 0) is 11.6 Å². The van der Waals surface area contributed by atoms with Crippen molar-refractivity contribution in [3.8, 4) is 5.88 Å². The van der Waals surface area contributed by atoms with Gasteiger partial charge in [0.1, 0.15) is 0 Å². The standard InChI is InChI=1S/C15H13N3O3/c19-18(20)12-6-7-14-13(10-12)15(17-16-14)21-9-8-11-4-2-1-3-5-11/h1-7,10H,8-9H2,(H,16,17). The summed E-state index contributed by atoms with van der Waals surface area (Å²) in [5, 5.41) is 18.3. The van der Waals surface area contributed by atoms with Crippen LogP contribution in [0.15, 0.2) is 48.5 Å². The van der Waals surface area contributed by atoms with Gasteiger partial charge in [-0.25, -0.2) is 0 Å². The number of hydrogen-bond donors (Lipinski definition) is 1. The fourth-order valence-corrected chi connectivity index (χ4v) is 2.11. The normalized spacial score (nSPS) is 10.7. The van der Waals surface area contributed by atoms with Gasteiger partial charge in [-0.2, -0.15) is 0 Å². The van der Waals surface area contributed by atoms with E-state index in [-0.39, 0.29) is 5.69 Å². The number of hydrogen-bond acceptors (Lipinski definition) is 4. The van der Waals surface area contributed by atoms with E-state index < -0.39 is 4.92 Å². The van der Waals surface area contributed by atoms with E-state index in [0.717, 1.165) is 11.9 Å². The fourth-order valence-electron chi connectivity index (χ4n) is 2.11. The second kappa shape index (κ2) is 5.62. The molecule has 0 atom stereocenters. The summed E-state index contributed by atoms with van der Waals surface area (Å²) in [6, 6.07) is 14.5. The van der Waals surface area contributed by atoms with Gasteiger partial charge in [0.05, 0.1) is 22.4 Å². The lowest BCUT2D eigenvalue weighted by Gasteiger charge is -2.03. The van der Waals surface area contributed by atoms with Crippen LogP contribution in [0.4, 0.5) is 5.69 Å². The number of nitro benzene ring substituents is 1. The number of aromatic amines is 1. The van der Waals surface area contributed by atoms with E-state index in [4.69, 9.17) is 4.74 Å². The smallest absolute Gasteiger partial charge is 0.270 e. The number of ether oxygens (including phenoxy) is 1. The number of nitrogens with zero attached hydrogens (tertiary/aromatic N) is 2. The molecule has 3 rings (SSSR count). The number of benzene rings is 2. The monoisotopic (exact) mass is 283 g/mol. The summed E-state index contributed by atoms with van der Waals surface area (Å²) in [5.74, 6) is 0.393. The highest BCUT2D eigenvalue weighted by Gasteiger charge is 2.12. The third-order valence-corrected chi connectivity index (χ3v) is 3.19. The van der Waals surface area contributed by atoms with E-state index in [0.29, 0.717) is 17.9 Å². The molecule has 6 heteroatoms. The van der Waals surface area contributed by atoms with Crippen molar-refractivity contribution in [2.45, 2.75) is 6.42 Å². The number of aromatic nitrogens is 2. The Kier molecular flexibility index (Phi) is 3.51. The Morgan fingerprint density at radius 1 is 1.19 bits per heavy atom. The van der Waals surface area contributed by atoms with Crippen LogP contribution in [0, 0.1) is 10.1 Å². The van der Waals surface area contributed by atoms with Gasteiger partial charge in [0, 0.05) is 18.6 Å². The molecule has 0 saturated heterocycles. The molecule has 0 saturated carbocycles. The summed E-state index contributed by atoms with van der Waals surface area (Å²) < 4.78 is 5.63. The average Bonchev–Trinajstić information content (AvgIpc) is 2.91. The summed E-state index contributed by atoms with van der Waals surface area (Å²) in [4.78, 5) is 10.4. The van der Waals surface area contributed by atoms with E-state index in [1.165, 1.54) is 17.7 Å². The molecule has 0 aliphatic carbocycles. The van der Waals surface area contributed by atoms with Crippen LogP contribution in [0.3, 0.4) is 0 Å². The first-order valence-corrected chi connectivity index (χ1v) is 6.53. The zero-order chi connectivity index (χ0) is 14.7. The minimum absolute atomic E-state index is 0.0248. The molecule has 0 aliphatic heterocycles. The Morgan fingerprint density at radius 3 is 2.76 bits per heavy atom.